The highest BCUT2D eigenvalue weighted by atomic mass is 16.6. The molecule has 0 spiro atoms. The van der Waals surface area contributed by atoms with Gasteiger partial charge >= 0.3 is 0 Å². The third kappa shape index (κ3) is 3.54. The molecule has 3 unspecified atom stereocenters. The predicted molar refractivity (Wildman–Crippen MR) is 60.4 cm³/mol. The molecule has 1 saturated carbocycles. The van der Waals surface area contributed by atoms with Crippen LogP contribution in [-0.2, 0) is 19.0 Å². The lowest BCUT2D eigenvalue weighted by molar-refractivity contribution is -0.177. The van der Waals surface area contributed by atoms with Gasteiger partial charge in [-0.05, 0) is 12.8 Å². The Bertz CT molecular complexity index is 227. The molecular weight excluding hydrogens is 208 g/mol. The van der Waals surface area contributed by atoms with Gasteiger partial charge in [0.15, 0.2) is 5.78 Å². The summed E-state index contributed by atoms with van der Waals surface area (Å²) in [5.41, 5.74) is 0. The van der Waals surface area contributed by atoms with Crippen molar-refractivity contribution in [1.82, 2.24) is 0 Å². The molecule has 0 heterocycles. The normalized spacial score (nSPS) is 26.9. The number of methoxy groups -OCH3 is 1. The molecule has 0 N–H and O–H groups in total. The first-order valence-electron chi connectivity index (χ1n) is 5.85. The molecule has 1 aliphatic rings. The van der Waals surface area contributed by atoms with E-state index in [4.69, 9.17) is 14.2 Å². The maximum absolute atomic E-state index is 11.3. The van der Waals surface area contributed by atoms with Crippen LogP contribution in [0.1, 0.15) is 27.2 Å². The predicted octanol–water partition coefficient (Wildman–Crippen LogP) is 1.42. The average molecular weight is 230 g/mol. The molecule has 0 amide bonds. The molecule has 0 aliphatic heterocycles. The summed E-state index contributed by atoms with van der Waals surface area (Å²) < 4.78 is 16.1. The zero-order valence-corrected chi connectivity index (χ0v) is 10.6. The van der Waals surface area contributed by atoms with E-state index in [1.807, 2.05) is 6.92 Å². The van der Waals surface area contributed by atoms with Crippen molar-refractivity contribution in [3.8, 4) is 0 Å². The standard InChI is InChI=1S/C12H22O4/c1-8(2)9(3)16-11-7-10(13)12(11)15-6-5-14-4/h8-9,11-12H,5-7H2,1-4H3. The lowest BCUT2D eigenvalue weighted by Gasteiger charge is -2.37. The van der Waals surface area contributed by atoms with Gasteiger partial charge in [0.25, 0.3) is 0 Å². The van der Waals surface area contributed by atoms with Crippen molar-refractivity contribution in [2.45, 2.75) is 45.5 Å². The quantitative estimate of drug-likeness (QED) is 0.620. The Labute approximate surface area is 97.2 Å². The lowest BCUT2D eigenvalue weighted by atomic mass is 9.89. The van der Waals surface area contributed by atoms with Crippen LogP contribution < -0.4 is 0 Å². The van der Waals surface area contributed by atoms with Crippen LogP contribution in [0.5, 0.6) is 0 Å². The monoisotopic (exact) mass is 230 g/mol. The van der Waals surface area contributed by atoms with Gasteiger partial charge in [-0.2, -0.15) is 0 Å². The van der Waals surface area contributed by atoms with E-state index >= 15 is 0 Å². The van der Waals surface area contributed by atoms with Crippen molar-refractivity contribution in [3.05, 3.63) is 0 Å². The van der Waals surface area contributed by atoms with Crippen LogP contribution in [0.3, 0.4) is 0 Å². The molecule has 16 heavy (non-hydrogen) atoms. The van der Waals surface area contributed by atoms with Crippen LogP contribution in [0.15, 0.2) is 0 Å². The van der Waals surface area contributed by atoms with Gasteiger partial charge in [-0.25, -0.2) is 0 Å². The fourth-order valence-electron chi connectivity index (χ4n) is 1.48. The van der Waals surface area contributed by atoms with Gasteiger partial charge in [0.1, 0.15) is 6.10 Å². The molecule has 4 nitrogen and oxygen atoms in total. The van der Waals surface area contributed by atoms with Gasteiger partial charge in [0.2, 0.25) is 0 Å². The molecule has 0 aromatic heterocycles. The van der Waals surface area contributed by atoms with Crippen molar-refractivity contribution < 1.29 is 19.0 Å². The molecule has 0 saturated heterocycles. The average Bonchev–Trinajstić information content (AvgIpc) is 2.23. The van der Waals surface area contributed by atoms with Crippen molar-refractivity contribution in [2.24, 2.45) is 5.92 Å². The first-order chi connectivity index (χ1) is 7.56. The Morgan fingerprint density at radius 2 is 2.00 bits per heavy atom. The van der Waals surface area contributed by atoms with Crippen LogP contribution in [0, 0.1) is 5.92 Å². The Balaban J connectivity index is 2.29. The van der Waals surface area contributed by atoms with Crippen LogP contribution in [0.2, 0.25) is 0 Å². The summed E-state index contributed by atoms with van der Waals surface area (Å²) in [7, 11) is 1.61. The zero-order valence-electron chi connectivity index (χ0n) is 10.6. The zero-order chi connectivity index (χ0) is 12.1. The molecule has 94 valence electrons. The third-order valence-electron chi connectivity index (χ3n) is 2.97. The van der Waals surface area contributed by atoms with E-state index in [2.05, 4.69) is 13.8 Å². The Morgan fingerprint density at radius 1 is 1.31 bits per heavy atom. The van der Waals surface area contributed by atoms with E-state index in [9.17, 15) is 4.79 Å². The highest BCUT2D eigenvalue weighted by Gasteiger charge is 2.42. The second-order valence-electron chi connectivity index (χ2n) is 4.58. The van der Waals surface area contributed by atoms with Crippen molar-refractivity contribution >= 4 is 5.78 Å². The molecule has 3 atom stereocenters. The number of carbonyl (C=O) groups excluding carboxylic acids is 1. The molecule has 1 rings (SSSR count). The van der Waals surface area contributed by atoms with Crippen LogP contribution in [-0.4, -0.2) is 44.4 Å². The van der Waals surface area contributed by atoms with E-state index in [0.29, 0.717) is 25.6 Å². The van der Waals surface area contributed by atoms with Gasteiger partial charge < -0.3 is 14.2 Å². The maximum atomic E-state index is 11.3. The Morgan fingerprint density at radius 3 is 2.50 bits per heavy atom. The van der Waals surface area contributed by atoms with Gasteiger partial charge in [0.05, 0.1) is 25.4 Å². The van der Waals surface area contributed by atoms with E-state index in [0.717, 1.165) is 0 Å². The van der Waals surface area contributed by atoms with Crippen LogP contribution in [0.4, 0.5) is 0 Å². The SMILES string of the molecule is COCCOC1C(=O)CC1OC(C)C(C)C. The first kappa shape index (κ1) is 13.6. The molecule has 0 aromatic carbocycles. The largest absolute Gasteiger partial charge is 0.382 e. The van der Waals surface area contributed by atoms with E-state index in [1.165, 1.54) is 0 Å². The van der Waals surface area contributed by atoms with E-state index in [-0.39, 0.29) is 24.1 Å². The van der Waals surface area contributed by atoms with Crippen LogP contribution >= 0.6 is 0 Å². The van der Waals surface area contributed by atoms with Gasteiger partial charge in [-0.1, -0.05) is 13.8 Å². The number of hydrogen-bond donors (Lipinski definition) is 0. The summed E-state index contributed by atoms with van der Waals surface area (Å²) in [5, 5.41) is 0. The number of ether oxygens (including phenoxy) is 3. The molecule has 1 fully saturated rings. The number of Topliss-reactive ketones (excluding diaryl/α,β-unsaturated/α-hetero) is 1. The molecular formula is C12H22O4. The fraction of sp³-hybridized carbons (Fsp3) is 0.917. The van der Waals surface area contributed by atoms with Crippen molar-refractivity contribution in [3.63, 3.8) is 0 Å². The Hall–Kier alpha value is -0.450. The maximum Gasteiger partial charge on any atom is 0.166 e. The minimum absolute atomic E-state index is 0.0678. The second kappa shape index (κ2) is 6.33. The molecule has 0 bridgehead atoms. The van der Waals surface area contributed by atoms with Gasteiger partial charge in [-0.15, -0.1) is 0 Å². The van der Waals surface area contributed by atoms with Gasteiger partial charge in [0, 0.05) is 13.5 Å². The minimum Gasteiger partial charge on any atom is -0.382 e. The topological polar surface area (TPSA) is 44.8 Å². The Kier molecular flexibility index (Phi) is 5.38. The fourth-order valence-corrected chi connectivity index (χ4v) is 1.48. The summed E-state index contributed by atoms with van der Waals surface area (Å²) in [5.74, 6) is 0.590. The first-order valence-corrected chi connectivity index (χ1v) is 5.85. The molecule has 1 aliphatic carbocycles. The number of rotatable bonds is 7. The summed E-state index contributed by atoms with van der Waals surface area (Å²) in [6.45, 7) is 7.19. The van der Waals surface area contributed by atoms with E-state index in [1.54, 1.807) is 7.11 Å². The van der Waals surface area contributed by atoms with Crippen LogP contribution in [0.25, 0.3) is 0 Å². The van der Waals surface area contributed by atoms with Gasteiger partial charge in [-0.3, -0.25) is 4.79 Å². The highest BCUT2D eigenvalue weighted by Crippen LogP contribution is 2.25. The van der Waals surface area contributed by atoms with Crippen molar-refractivity contribution in [1.29, 1.82) is 0 Å². The third-order valence-corrected chi connectivity index (χ3v) is 2.97. The highest BCUT2D eigenvalue weighted by molar-refractivity contribution is 5.90. The lowest BCUT2D eigenvalue weighted by Crippen LogP contribution is -2.52. The summed E-state index contributed by atoms with van der Waals surface area (Å²) in [6.07, 6.45) is 0.194. The number of hydrogen-bond acceptors (Lipinski definition) is 4. The van der Waals surface area contributed by atoms with E-state index < -0.39 is 0 Å². The van der Waals surface area contributed by atoms with Crippen molar-refractivity contribution in [2.75, 3.05) is 20.3 Å². The summed E-state index contributed by atoms with van der Waals surface area (Å²) in [6, 6.07) is 0. The minimum atomic E-state index is -0.378. The smallest absolute Gasteiger partial charge is 0.166 e. The summed E-state index contributed by atoms with van der Waals surface area (Å²) >= 11 is 0. The molecule has 0 aromatic rings. The molecule has 0 radical (unpaired) electrons. The summed E-state index contributed by atoms with van der Waals surface area (Å²) in [4.78, 5) is 11.3. The second-order valence-corrected chi connectivity index (χ2v) is 4.58. The number of carbonyl (C=O) groups is 1. The number of ketones is 1. The molecule has 4 heteroatoms.